The first-order valence-electron chi connectivity index (χ1n) is 15.5. The number of alkyl carbamates (subject to hydrolysis) is 1. The van der Waals surface area contributed by atoms with Crippen LogP contribution in [0.25, 0.3) is 0 Å². The van der Waals surface area contributed by atoms with Crippen molar-refractivity contribution in [3.05, 3.63) is 71.8 Å². The van der Waals surface area contributed by atoms with E-state index in [1.165, 1.54) is 0 Å². The van der Waals surface area contributed by atoms with Crippen molar-refractivity contribution in [2.75, 3.05) is 27.9 Å². The Labute approximate surface area is 266 Å². The second-order valence-electron chi connectivity index (χ2n) is 11.8. The van der Waals surface area contributed by atoms with E-state index >= 15 is 0 Å². The van der Waals surface area contributed by atoms with Crippen LogP contribution < -0.4 is 14.8 Å². The molecule has 3 atom stereocenters. The summed E-state index contributed by atoms with van der Waals surface area (Å²) in [5.74, 6) is 0.00764. The third-order valence-electron chi connectivity index (χ3n) is 7.68. The SMILES string of the molecule is COc1ccc(CN(C)C(=O)C2C/C=C/CCC(Cc3ccccc3)OC(=O)N[C@@H](CC(C)C)C(=O)/N=C(\CO)C2)c(OC)c1. The minimum atomic E-state index is -0.931. The number of aliphatic hydroxyl groups excluding tert-OH is 1. The molecule has 3 amide bonds. The first kappa shape index (κ1) is 35.3. The molecule has 45 heavy (non-hydrogen) atoms. The average molecular weight is 622 g/mol. The molecule has 244 valence electrons. The monoisotopic (exact) mass is 621 g/mol. The van der Waals surface area contributed by atoms with Crippen LogP contribution in [0, 0.1) is 11.8 Å². The van der Waals surface area contributed by atoms with Gasteiger partial charge >= 0.3 is 6.09 Å². The molecule has 0 bridgehead atoms. The molecule has 0 saturated carbocycles. The summed E-state index contributed by atoms with van der Waals surface area (Å²) in [4.78, 5) is 46.0. The number of nitrogens with one attached hydrogen (secondary N) is 1. The van der Waals surface area contributed by atoms with Crippen LogP contribution in [-0.2, 0) is 27.3 Å². The number of amides is 3. The number of aliphatic hydroxyl groups is 1. The topological polar surface area (TPSA) is 127 Å². The third kappa shape index (κ3) is 11.4. The van der Waals surface area contributed by atoms with Crippen LogP contribution in [0.1, 0.15) is 57.1 Å². The van der Waals surface area contributed by atoms with Crippen molar-refractivity contribution in [3.63, 3.8) is 0 Å². The Morgan fingerprint density at radius 3 is 2.53 bits per heavy atom. The van der Waals surface area contributed by atoms with Gasteiger partial charge in [0.05, 0.1) is 20.8 Å². The highest BCUT2D eigenvalue weighted by Gasteiger charge is 2.28. The number of ether oxygens (including phenoxy) is 3. The lowest BCUT2D eigenvalue weighted by Crippen LogP contribution is -2.43. The zero-order valence-electron chi connectivity index (χ0n) is 27.0. The fraction of sp³-hybridized carbons (Fsp3) is 0.486. The Hall–Kier alpha value is -4.18. The number of hydrogen-bond acceptors (Lipinski definition) is 7. The summed E-state index contributed by atoms with van der Waals surface area (Å²) in [5, 5.41) is 12.9. The summed E-state index contributed by atoms with van der Waals surface area (Å²) in [6, 6.07) is 14.3. The van der Waals surface area contributed by atoms with Crippen LogP contribution in [0.2, 0.25) is 0 Å². The average Bonchev–Trinajstić information content (AvgIpc) is 3.02. The number of carbonyl (C=O) groups excluding carboxylic acids is 3. The van der Waals surface area contributed by atoms with Gasteiger partial charge in [-0.25, -0.2) is 9.79 Å². The Balaban J connectivity index is 1.88. The Morgan fingerprint density at radius 1 is 1.11 bits per heavy atom. The largest absolute Gasteiger partial charge is 0.497 e. The number of rotatable bonds is 10. The van der Waals surface area contributed by atoms with Crippen LogP contribution in [-0.4, -0.2) is 73.6 Å². The molecule has 2 unspecified atom stereocenters. The fourth-order valence-electron chi connectivity index (χ4n) is 5.32. The Kier molecular flexibility index (Phi) is 14.1. The van der Waals surface area contributed by atoms with Crippen molar-refractivity contribution in [1.29, 1.82) is 0 Å². The van der Waals surface area contributed by atoms with Crippen LogP contribution in [0.4, 0.5) is 4.79 Å². The fourth-order valence-corrected chi connectivity index (χ4v) is 5.32. The molecule has 1 heterocycles. The standard InChI is InChI=1S/C35H47N3O7/c1-24(2)18-31-33(40)36-28(23-39)20-26(34(41)38(3)22-27-16-17-29(43-4)21-32(27)44-5)14-10-7-11-15-30(45-35(42)37-31)19-25-12-8-6-9-13-25/h6-10,12-13,16-17,21,24,26,30-31,39H,11,14-15,18-20,22-23H2,1-5H3,(H,37,42)/b10-7+,36-28-/t26?,30?,31-/m0/s1. The predicted octanol–water partition coefficient (Wildman–Crippen LogP) is 5.12. The zero-order valence-corrected chi connectivity index (χ0v) is 27.0. The smallest absolute Gasteiger partial charge is 0.408 e. The molecule has 0 radical (unpaired) electrons. The van der Waals surface area contributed by atoms with Crippen LogP contribution in [0.5, 0.6) is 11.5 Å². The number of cyclic esters (lactones) is 1. The van der Waals surface area contributed by atoms with Gasteiger partial charge in [0.1, 0.15) is 23.6 Å². The van der Waals surface area contributed by atoms with Gasteiger partial charge in [-0.1, -0.05) is 56.3 Å². The molecule has 1 aliphatic heterocycles. The van der Waals surface area contributed by atoms with Gasteiger partial charge in [-0.3, -0.25) is 9.59 Å². The van der Waals surface area contributed by atoms with Gasteiger partial charge < -0.3 is 29.5 Å². The van der Waals surface area contributed by atoms with E-state index in [-0.39, 0.29) is 30.5 Å². The minimum absolute atomic E-state index is 0.0800. The van der Waals surface area contributed by atoms with Gasteiger partial charge in [0.15, 0.2) is 0 Å². The molecule has 0 aromatic heterocycles. The molecule has 1 aliphatic rings. The molecule has 0 saturated heterocycles. The Bertz CT molecular complexity index is 1330. The summed E-state index contributed by atoms with van der Waals surface area (Å²) < 4.78 is 16.6. The summed E-state index contributed by atoms with van der Waals surface area (Å²) in [7, 11) is 4.86. The van der Waals surface area contributed by atoms with Gasteiger partial charge in [-0.2, -0.15) is 0 Å². The second-order valence-corrected chi connectivity index (χ2v) is 11.8. The summed E-state index contributed by atoms with van der Waals surface area (Å²) in [6.45, 7) is 3.68. The van der Waals surface area contributed by atoms with Gasteiger partial charge in [0.2, 0.25) is 5.91 Å². The first-order chi connectivity index (χ1) is 21.6. The normalized spacial score (nSPS) is 21.8. The lowest BCUT2D eigenvalue weighted by molar-refractivity contribution is -0.134. The van der Waals surface area contributed by atoms with Gasteiger partial charge in [0.25, 0.3) is 5.91 Å². The van der Waals surface area contributed by atoms with Crippen LogP contribution in [0.15, 0.2) is 65.7 Å². The number of aliphatic imine (C=N–C) groups is 1. The van der Waals surface area contributed by atoms with Crippen molar-refractivity contribution in [2.24, 2.45) is 16.8 Å². The molecule has 10 nitrogen and oxygen atoms in total. The summed E-state index contributed by atoms with van der Waals surface area (Å²) >= 11 is 0. The van der Waals surface area contributed by atoms with Crippen molar-refractivity contribution in [1.82, 2.24) is 10.2 Å². The van der Waals surface area contributed by atoms with Crippen LogP contribution >= 0.6 is 0 Å². The number of allylic oxidation sites excluding steroid dienone is 2. The molecule has 0 aliphatic carbocycles. The maximum atomic E-state index is 13.8. The molecule has 10 heteroatoms. The number of methoxy groups -OCH3 is 2. The van der Waals surface area contributed by atoms with Crippen LogP contribution in [0.3, 0.4) is 0 Å². The molecule has 2 N–H and O–H groups in total. The number of carbonyl (C=O) groups is 3. The van der Waals surface area contributed by atoms with E-state index in [1.54, 1.807) is 32.2 Å². The van der Waals surface area contributed by atoms with E-state index in [0.717, 1.165) is 11.1 Å². The Morgan fingerprint density at radius 2 is 1.87 bits per heavy atom. The second kappa shape index (κ2) is 17.9. The molecule has 0 fully saturated rings. The van der Waals surface area contributed by atoms with E-state index in [1.807, 2.05) is 68.5 Å². The maximum Gasteiger partial charge on any atom is 0.408 e. The first-order valence-corrected chi connectivity index (χ1v) is 15.5. The molecule has 2 aromatic rings. The third-order valence-corrected chi connectivity index (χ3v) is 7.68. The summed E-state index contributed by atoms with van der Waals surface area (Å²) in [6.07, 6.45) is 5.34. The number of benzene rings is 2. The molecule has 2 aromatic carbocycles. The molecular formula is C35H47N3O7. The quantitative estimate of drug-likeness (QED) is 0.353. The number of nitrogens with zero attached hydrogens (tertiary/aromatic N) is 2. The minimum Gasteiger partial charge on any atom is -0.497 e. The van der Waals surface area contributed by atoms with E-state index in [2.05, 4.69) is 10.3 Å². The van der Waals surface area contributed by atoms with Crippen molar-refractivity contribution >= 4 is 23.6 Å². The van der Waals surface area contributed by atoms with Crippen molar-refractivity contribution in [3.8, 4) is 11.5 Å². The maximum absolute atomic E-state index is 13.8. The van der Waals surface area contributed by atoms with E-state index < -0.39 is 36.7 Å². The van der Waals surface area contributed by atoms with Crippen molar-refractivity contribution in [2.45, 2.75) is 71.1 Å². The molecular weight excluding hydrogens is 574 g/mol. The van der Waals surface area contributed by atoms with Crippen molar-refractivity contribution < 1.29 is 33.7 Å². The van der Waals surface area contributed by atoms with Gasteiger partial charge in [0, 0.05) is 49.7 Å². The van der Waals surface area contributed by atoms with E-state index in [9.17, 15) is 19.5 Å². The van der Waals surface area contributed by atoms with Gasteiger partial charge in [-0.05, 0) is 49.3 Å². The van der Waals surface area contributed by atoms with E-state index in [4.69, 9.17) is 14.2 Å². The highest BCUT2D eigenvalue weighted by atomic mass is 16.6. The number of hydrogen-bond donors (Lipinski definition) is 2. The predicted molar refractivity (Wildman–Crippen MR) is 173 cm³/mol. The lowest BCUT2D eigenvalue weighted by Gasteiger charge is -2.24. The zero-order chi connectivity index (χ0) is 32.8. The lowest BCUT2D eigenvalue weighted by atomic mass is 9.95. The highest BCUT2D eigenvalue weighted by Crippen LogP contribution is 2.27. The van der Waals surface area contributed by atoms with Gasteiger partial charge in [-0.15, -0.1) is 0 Å². The molecule has 0 spiro atoms. The highest BCUT2D eigenvalue weighted by molar-refractivity contribution is 6.00. The van der Waals surface area contributed by atoms with E-state index in [0.29, 0.717) is 43.6 Å². The molecule has 3 rings (SSSR count). The summed E-state index contributed by atoms with van der Waals surface area (Å²) in [5.41, 5.74) is 2.03.